The van der Waals surface area contributed by atoms with Gasteiger partial charge in [-0.15, -0.1) is 0 Å². The minimum absolute atomic E-state index is 0.108. The number of hydrogen-bond acceptors (Lipinski definition) is 3. The van der Waals surface area contributed by atoms with Crippen LogP contribution in [-0.4, -0.2) is 29.3 Å². The molecule has 0 spiro atoms. The first-order valence-corrected chi connectivity index (χ1v) is 7.19. The van der Waals surface area contributed by atoms with Gasteiger partial charge in [0, 0.05) is 11.6 Å². The van der Waals surface area contributed by atoms with E-state index in [0.29, 0.717) is 17.1 Å². The molecule has 0 aliphatic heterocycles. The lowest BCUT2D eigenvalue weighted by atomic mass is 10.1. The van der Waals surface area contributed by atoms with Crippen molar-refractivity contribution in [1.29, 1.82) is 0 Å². The van der Waals surface area contributed by atoms with Gasteiger partial charge in [0.05, 0.1) is 6.42 Å². The Bertz CT molecular complexity index is 576. The maximum atomic E-state index is 11.4. The van der Waals surface area contributed by atoms with Crippen molar-refractivity contribution in [1.82, 2.24) is 5.32 Å². The summed E-state index contributed by atoms with van der Waals surface area (Å²) in [5, 5.41) is 11.8. The SMILES string of the molecule is CC(C)(C)OC(=O)NCC=Cc1ccc(CC(=O)O)c(Cl)c1. The van der Waals surface area contributed by atoms with Crippen molar-refractivity contribution in [3.05, 3.63) is 40.4 Å². The second kappa shape index (κ2) is 7.84. The van der Waals surface area contributed by atoms with E-state index >= 15 is 0 Å². The third kappa shape index (κ3) is 7.13. The molecule has 0 unspecified atom stereocenters. The maximum Gasteiger partial charge on any atom is 0.407 e. The number of halogens is 1. The highest BCUT2D eigenvalue weighted by molar-refractivity contribution is 6.31. The number of aliphatic carboxylic acids is 1. The fourth-order valence-corrected chi connectivity index (χ4v) is 1.88. The zero-order valence-corrected chi connectivity index (χ0v) is 13.6. The largest absolute Gasteiger partial charge is 0.481 e. The third-order valence-corrected chi connectivity index (χ3v) is 2.84. The molecule has 2 N–H and O–H groups in total. The lowest BCUT2D eigenvalue weighted by Gasteiger charge is -2.19. The lowest BCUT2D eigenvalue weighted by Crippen LogP contribution is -2.32. The van der Waals surface area contributed by atoms with Gasteiger partial charge in [0.1, 0.15) is 5.60 Å². The highest BCUT2D eigenvalue weighted by atomic mass is 35.5. The second-order valence-electron chi connectivity index (χ2n) is 5.71. The molecule has 5 nitrogen and oxygen atoms in total. The first kappa shape index (κ1) is 18.0. The Labute approximate surface area is 134 Å². The quantitative estimate of drug-likeness (QED) is 0.868. The number of carbonyl (C=O) groups excluding carboxylic acids is 1. The summed E-state index contributed by atoms with van der Waals surface area (Å²) in [6.45, 7) is 5.71. The van der Waals surface area contributed by atoms with Gasteiger partial charge in [-0.3, -0.25) is 4.79 Å². The van der Waals surface area contributed by atoms with E-state index in [1.807, 2.05) is 0 Å². The number of carboxylic acid groups (broad SMARTS) is 1. The van der Waals surface area contributed by atoms with Crippen molar-refractivity contribution < 1.29 is 19.4 Å². The van der Waals surface area contributed by atoms with E-state index in [0.717, 1.165) is 5.56 Å². The van der Waals surface area contributed by atoms with Gasteiger partial charge in [-0.2, -0.15) is 0 Å². The van der Waals surface area contributed by atoms with E-state index in [9.17, 15) is 9.59 Å². The highest BCUT2D eigenvalue weighted by Gasteiger charge is 2.14. The molecule has 6 heteroatoms. The van der Waals surface area contributed by atoms with Crippen LogP contribution in [-0.2, 0) is 16.0 Å². The fraction of sp³-hybridized carbons (Fsp3) is 0.375. The smallest absolute Gasteiger partial charge is 0.407 e. The van der Waals surface area contributed by atoms with Crippen LogP contribution in [0.1, 0.15) is 31.9 Å². The molecule has 120 valence electrons. The Morgan fingerprint density at radius 3 is 2.59 bits per heavy atom. The fourth-order valence-electron chi connectivity index (χ4n) is 1.62. The zero-order valence-electron chi connectivity index (χ0n) is 12.9. The van der Waals surface area contributed by atoms with Gasteiger partial charge in [0.15, 0.2) is 0 Å². The molecule has 0 fully saturated rings. The van der Waals surface area contributed by atoms with Crippen molar-refractivity contribution in [2.24, 2.45) is 0 Å². The monoisotopic (exact) mass is 325 g/mol. The summed E-state index contributed by atoms with van der Waals surface area (Å²) >= 11 is 6.02. The number of ether oxygens (including phenoxy) is 1. The molecule has 0 aromatic heterocycles. The normalized spacial score (nSPS) is 11.5. The molecule has 1 aromatic carbocycles. The number of nitrogens with one attached hydrogen (secondary N) is 1. The van der Waals surface area contributed by atoms with Crippen LogP contribution in [0.5, 0.6) is 0 Å². The molecule has 0 atom stereocenters. The Balaban J connectivity index is 2.52. The first-order valence-electron chi connectivity index (χ1n) is 6.81. The average molecular weight is 326 g/mol. The van der Waals surface area contributed by atoms with Crippen molar-refractivity contribution >= 4 is 29.7 Å². The summed E-state index contributed by atoms with van der Waals surface area (Å²) in [7, 11) is 0. The molecule has 0 bridgehead atoms. The van der Waals surface area contributed by atoms with E-state index in [1.54, 1.807) is 51.1 Å². The zero-order chi connectivity index (χ0) is 16.8. The first-order chi connectivity index (χ1) is 10.2. The van der Waals surface area contributed by atoms with E-state index < -0.39 is 17.7 Å². The van der Waals surface area contributed by atoms with Gasteiger partial charge < -0.3 is 15.2 Å². The number of alkyl carbamates (subject to hydrolysis) is 1. The Hall–Kier alpha value is -2.01. The number of rotatable bonds is 5. The highest BCUT2D eigenvalue weighted by Crippen LogP contribution is 2.19. The Morgan fingerprint density at radius 2 is 2.05 bits per heavy atom. The van der Waals surface area contributed by atoms with Crippen LogP contribution in [0.2, 0.25) is 5.02 Å². The van der Waals surface area contributed by atoms with E-state index in [-0.39, 0.29) is 6.42 Å². The molecule has 0 heterocycles. The summed E-state index contributed by atoms with van der Waals surface area (Å²) in [6, 6.07) is 5.13. The molecule has 22 heavy (non-hydrogen) atoms. The van der Waals surface area contributed by atoms with Crippen LogP contribution in [0.25, 0.3) is 6.08 Å². The summed E-state index contributed by atoms with van der Waals surface area (Å²) in [5.41, 5.74) is 0.865. The van der Waals surface area contributed by atoms with Gasteiger partial charge in [-0.1, -0.05) is 35.9 Å². The molecule has 1 aromatic rings. The minimum Gasteiger partial charge on any atom is -0.481 e. The van der Waals surface area contributed by atoms with Gasteiger partial charge in [-0.05, 0) is 38.0 Å². The summed E-state index contributed by atoms with van der Waals surface area (Å²) in [4.78, 5) is 22.1. The number of benzene rings is 1. The number of carbonyl (C=O) groups is 2. The number of amides is 1. The molecule has 1 rings (SSSR count). The maximum absolute atomic E-state index is 11.4. The van der Waals surface area contributed by atoms with Crippen molar-refractivity contribution in [3.8, 4) is 0 Å². The van der Waals surface area contributed by atoms with Crippen molar-refractivity contribution in [3.63, 3.8) is 0 Å². The van der Waals surface area contributed by atoms with Gasteiger partial charge >= 0.3 is 12.1 Å². The molecule has 1 amide bonds. The Kier molecular flexibility index (Phi) is 6.43. The summed E-state index contributed by atoms with van der Waals surface area (Å²) in [5.74, 6) is -0.924. The van der Waals surface area contributed by atoms with E-state index in [4.69, 9.17) is 21.4 Å². The number of hydrogen-bond donors (Lipinski definition) is 2. The van der Waals surface area contributed by atoms with Gasteiger partial charge in [0.25, 0.3) is 0 Å². The summed E-state index contributed by atoms with van der Waals surface area (Å²) in [6.07, 6.45) is 2.95. The topological polar surface area (TPSA) is 75.6 Å². The van der Waals surface area contributed by atoms with Crippen LogP contribution in [0.15, 0.2) is 24.3 Å². The summed E-state index contributed by atoms with van der Waals surface area (Å²) < 4.78 is 5.10. The standard InChI is InChI=1S/C16H20ClNO4/c1-16(2,3)22-15(21)18-8-4-5-11-6-7-12(10-14(19)20)13(17)9-11/h4-7,9H,8,10H2,1-3H3,(H,18,21)(H,19,20). The van der Waals surface area contributed by atoms with Gasteiger partial charge in [0.2, 0.25) is 0 Å². The van der Waals surface area contributed by atoms with E-state index in [2.05, 4.69) is 5.32 Å². The lowest BCUT2D eigenvalue weighted by molar-refractivity contribution is -0.136. The van der Waals surface area contributed by atoms with Crippen LogP contribution in [0.3, 0.4) is 0 Å². The van der Waals surface area contributed by atoms with Crippen LogP contribution < -0.4 is 5.32 Å². The predicted octanol–water partition coefficient (Wildman–Crippen LogP) is 3.51. The van der Waals surface area contributed by atoms with Gasteiger partial charge in [-0.25, -0.2) is 4.79 Å². The number of carboxylic acids is 1. The molecule has 0 saturated carbocycles. The van der Waals surface area contributed by atoms with Crippen LogP contribution >= 0.6 is 11.6 Å². The molecule has 0 saturated heterocycles. The molecular weight excluding hydrogens is 306 g/mol. The Morgan fingerprint density at radius 1 is 1.36 bits per heavy atom. The molecule has 0 aliphatic rings. The average Bonchev–Trinajstić information content (AvgIpc) is 2.35. The third-order valence-electron chi connectivity index (χ3n) is 2.49. The molecule has 0 radical (unpaired) electrons. The van der Waals surface area contributed by atoms with Crippen molar-refractivity contribution in [2.75, 3.05) is 6.54 Å². The van der Waals surface area contributed by atoms with Crippen molar-refractivity contribution in [2.45, 2.75) is 32.8 Å². The predicted molar refractivity (Wildman–Crippen MR) is 86.1 cm³/mol. The van der Waals surface area contributed by atoms with Crippen LogP contribution in [0, 0.1) is 0 Å². The second-order valence-corrected chi connectivity index (χ2v) is 6.11. The minimum atomic E-state index is -0.924. The van der Waals surface area contributed by atoms with E-state index in [1.165, 1.54) is 0 Å². The molecule has 0 aliphatic carbocycles. The van der Waals surface area contributed by atoms with Crippen LogP contribution in [0.4, 0.5) is 4.79 Å². The molecular formula is C16H20ClNO4.